The van der Waals surface area contributed by atoms with Crippen molar-refractivity contribution in [1.29, 1.82) is 0 Å². The first-order chi connectivity index (χ1) is 8.98. The topological polar surface area (TPSA) is 33.1 Å². The Balaban J connectivity index is 2.27. The molecule has 100 valence electrons. The van der Waals surface area contributed by atoms with Crippen molar-refractivity contribution in [3.05, 3.63) is 65.5 Å². The predicted octanol–water partition coefficient (Wildman–Crippen LogP) is 3.38. The van der Waals surface area contributed by atoms with Gasteiger partial charge in [-0.2, -0.15) is 13.2 Å². The molecule has 1 heterocycles. The van der Waals surface area contributed by atoms with Gasteiger partial charge in [-0.1, -0.05) is 30.3 Å². The molecule has 1 aromatic carbocycles. The van der Waals surface area contributed by atoms with Crippen LogP contribution in [-0.2, 0) is 12.6 Å². The van der Waals surface area contributed by atoms with Gasteiger partial charge in [0.2, 0.25) is 0 Å². The maximum atomic E-state index is 12.8. The SMILES string of the molecule is OC(Cc1ccccc1)c1cnccc1C(F)(F)F. The van der Waals surface area contributed by atoms with Crippen LogP contribution in [0, 0.1) is 0 Å². The second-order valence-electron chi connectivity index (χ2n) is 4.17. The minimum atomic E-state index is -4.49. The lowest BCUT2D eigenvalue weighted by molar-refractivity contribution is -0.139. The van der Waals surface area contributed by atoms with Crippen molar-refractivity contribution in [2.45, 2.75) is 18.7 Å². The summed E-state index contributed by atoms with van der Waals surface area (Å²) < 4.78 is 38.4. The number of hydrogen-bond acceptors (Lipinski definition) is 2. The number of aliphatic hydroxyl groups is 1. The van der Waals surface area contributed by atoms with Crippen molar-refractivity contribution in [3.8, 4) is 0 Å². The highest BCUT2D eigenvalue weighted by atomic mass is 19.4. The maximum Gasteiger partial charge on any atom is 0.416 e. The van der Waals surface area contributed by atoms with E-state index in [0.717, 1.165) is 24.0 Å². The zero-order valence-corrected chi connectivity index (χ0v) is 9.93. The summed E-state index contributed by atoms with van der Waals surface area (Å²) in [5, 5.41) is 9.98. The standard InChI is InChI=1S/C14H12F3NO/c15-14(16,17)12-6-7-18-9-11(12)13(19)8-10-4-2-1-3-5-10/h1-7,9,13,19H,8H2. The van der Waals surface area contributed by atoms with E-state index in [9.17, 15) is 18.3 Å². The highest BCUT2D eigenvalue weighted by Gasteiger charge is 2.34. The van der Waals surface area contributed by atoms with Crippen LogP contribution in [0.2, 0.25) is 0 Å². The summed E-state index contributed by atoms with van der Waals surface area (Å²) in [6.45, 7) is 0. The van der Waals surface area contributed by atoms with Crippen molar-refractivity contribution < 1.29 is 18.3 Å². The van der Waals surface area contributed by atoms with Crippen LogP contribution in [0.4, 0.5) is 13.2 Å². The molecule has 2 rings (SSSR count). The molecule has 1 N–H and O–H groups in total. The molecule has 1 unspecified atom stereocenters. The third kappa shape index (κ3) is 3.32. The molecule has 0 saturated carbocycles. The van der Waals surface area contributed by atoms with Crippen LogP contribution in [0.15, 0.2) is 48.8 Å². The van der Waals surface area contributed by atoms with Crippen LogP contribution in [0.25, 0.3) is 0 Å². The lowest BCUT2D eigenvalue weighted by Gasteiger charge is -2.16. The molecule has 0 amide bonds. The first kappa shape index (κ1) is 13.5. The van der Waals surface area contributed by atoms with Gasteiger partial charge >= 0.3 is 6.18 Å². The molecule has 0 bridgehead atoms. The van der Waals surface area contributed by atoms with E-state index in [2.05, 4.69) is 4.98 Å². The fourth-order valence-electron chi connectivity index (χ4n) is 1.88. The molecule has 19 heavy (non-hydrogen) atoms. The molecule has 2 nitrogen and oxygen atoms in total. The summed E-state index contributed by atoms with van der Waals surface area (Å²) in [6.07, 6.45) is -3.46. The van der Waals surface area contributed by atoms with Gasteiger partial charge in [0.15, 0.2) is 0 Å². The van der Waals surface area contributed by atoms with Crippen LogP contribution in [0.1, 0.15) is 22.8 Å². The normalized spacial score (nSPS) is 13.3. The molecule has 0 aliphatic rings. The lowest BCUT2D eigenvalue weighted by Crippen LogP contribution is -2.13. The summed E-state index contributed by atoms with van der Waals surface area (Å²) in [6, 6.07) is 9.75. The number of hydrogen-bond donors (Lipinski definition) is 1. The smallest absolute Gasteiger partial charge is 0.388 e. The average molecular weight is 267 g/mol. The highest BCUT2D eigenvalue weighted by molar-refractivity contribution is 5.30. The van der Waals surface area contributed by atoms with Crippen LogP contribution in [0.3, 0.4) is 0 Å². The molecule has 0 saturated heterocycles. The summed E-state index contributed by atoms with van der Waals surface area (Å²) in [7, 11) is 0. The van der Waals surface area contributed by atoms with Crippen molar-refractivity contribution in [2.24, 2.45) is 0 Å². The first-order valence-electron chi connectivity index (χ1n) is 5.71. The molecule has 0 fully saturated rings. The molecule has 1 atom stereocenters. The Morgan fingerprint density at radius 3 is 2.42 bits per heavy atom. The average Bonchev–Trinajstić information content (AvgIpc) is 2.39. The minimum absolute atomic E-state index is 0.121. The van der Waals surface area contributed by atoms with Crippen molar-refractivity contribution in [1.82, 2.24) is 4.98 Å². The van der Waals surface area contributed by atoms with Gasteiger partial charge in [0.1, 0.15) is 0 Å². The van der Waals surface area contributed by atoms with E-state index >= 15 is 0 Å². The summed E-state index contributed by atoms with van der Waals surface area (Å²) >= 11 is 0. The van der Waals surface area contributed by atoms with E-state index in [1.165, 1.54) is 0 Å². The van der Waals surface area contributed by atoms with Crippen molar-refractivity contribution >= 4 is 0 Å². The zero-order chi connectivity index (χ0) is 13.9. The number of aromatic nitrogens is 1. The fraction of sp³-hybridized carbons (Fsp3) is 0.214. The van der Waals surface area contributed by atoms with Crippen molar-refractivity contribution in [2.75, 3.05) is 0 Å². The largest absolute Gasteiger partial charge is 0.416 e. The summed E-state index contributed by atoms with van der Waals surface area (Å²) in [5.74, 6) is 0. The Kier molecular flexibility index (Phi) is 3.85. The Morgan fingerprint density at radius 1 is 1.11 bits per heavy atom. The fourth-order valence-corrected chi connectivity index (χ4v) is 1.88. The van der Waals surface area contributed by atoms with E-state index in [1.54, 1.807) is 30.3 Å². The molecule has 0 radical (unpaired) electrons. The number of pyridine rings is 1. The monoisotopic (exact) mass is 267 g/mol. The molecule has 0 spiro atoms. The molecular weight excluding hydrogens is 255 g/mol. The summed E-state index contributed by atoms with van der Waals surface area (Å²) in [4.78, 5) is 3.66. The molecule has 2 aromatic rings. The van der Waals surface area contributed by atoms with Gasteiger partial charge in [-0.05, 0) is 11.6 Å². The van der Waals surface area contributed by atoms with Gasteiger partial charge in [-0.3, -0.25) is 4.98 Å². The molecule has 0 aliphatic carbocycles. The lowest BCUT2D eigenvalue weighted by atomic mass is 9.99. The number of rotatable bonds is 3. The van der Waals surface area contributed by atoms with Crippen LogP contribution in [-0.4, -0.2) is 10.1 Å². The quantitative estimate of drug-likeness (QED) is 0.924. The maximum absolute atomic E-state index is 12.8. The van der Waals surface area contributed by atoms with Crippen LogP contribution >= 0.6 is 0 Å². The van der Waals surface area contributed by atoms with E-state index in [0.29, 0.717) is 0 Å². The Bertz CT molecular complexity index is 540. The molecular formula is C14H12F3NO. The van der Waals surface area contributed by atoms with E-state index in [-0.39, 0.29) is 12.0 Å². The van der Waals surface area contributed by atoms with Crippen LogP contribution < -0.4 is 0 Å². The number of benzene rings is 1. The Hall–Kier alpha value is -1.88. The van der Waals surface area contributed by atoms with Crippen molar-refractivity contribution in [3.63, 3.8) is 0 Å². The van der Waals surface area contributed by atoms with Gasteiger partial charge in [-0.25, -0.2) is 0 Å². The van der Waals surface area contributed by atoms with E-state index in [4.69, 9.17) is 0 Å². The zero-order valence-electron chi connectivity index (χ0n) is 9.93. The second kappa shape index (κ2) is 5.40. The van der Waals surface area contributed by atoms with Gasteiger partial charge in [0.05, 0.1) is 11.7 Å². The van der Waals surface area contributed by atoms with Gasteiger partial charge < -0.3 is 5.11 Å². The number of aliphatic hydroxyl groups excluding tert-OH is 1. The third-order valence-electron chi connectivity index (χ3n) is 2.79. The molecule has 5 heteroatoms. The van der Waals surface area contributed by atoms with Gasteiger partial charge in [0, 0.05) is 24.4 Å². The number of nitrogens with zero attached hydrogens (tertiary/aromatic N) is 1. The third-order valence-corrected chi connectivity index (χ3v) is 2.79. The second-order valence-corrected chi connectivity index (χ2v) is 4.17. The number of alkyl halides is 3. The molecule has 0 aliphatic heterocycles. The Morgan fingerprint density at radius 2 is 1.79 bits per heavy atom. The first-order valence-corrected chi connectivity index (χ1v) is 5.71. The van der Waals surface area contributed by atoms with E-state index in [1.807, 2.05) is 0 Å². The van der Waals surface area contributed by atoms with Gasteiger partial charge in [0.25, 0.3) is 0 Å². The summed E-state index contributed by atoms with van der Waals surface area (Å²) in [5.41, 5.74) is -0.267. The van der Waals surface area contributed by atoms with E-state index < -0.39 is 17.8 Å². The predicted molar refractivity (Wildman–Crippen MR) is 64.3 cm³/mol. The molecule has 1 aromatic heterocycles. The Labute approximate surface area is 108 Å². The van der Waals surface area contributed by atoms with Gasteiger partial charge in [-0.15, -0.1) is 0 Å². The number of halogens is 3. The van der Waals surface area contributed by atoms with Crippen LogP contribution in [0.5, 0.6) is 0 Å². The highest BCUT2D eigenvalue weighted by Crippen LogP contribution is 2.34. The minimum Gasteiger partial charge on any atom is -0.388 e.